The Bertz CT molecular complexity index is 78.7. The van der Waals surface area contributed by atoms with E-state index in [-0.39, 0.29) is 11.3 Å². The van der Waals surface area contributed by atoms with Gasteiger partial charge in [0.2, 0.25) is 0 Å². The van der Waals surface area contributed by atoms with Gasteiger partial charge >= 0.3 is 0 Å². The van der Waals surface area contributed by atoms with Crippen molar-refractivity contribution in [2.45, 2.75) is 19.2 Å². The van der Waals surface area contributed by atoms with Crippen LogP contribution in [-0.4, -0.2) is 5.38 Å². The highest BCUT2D eigenvalue weighted by atomic mass is 35.5. The van der Waals surface area contributed by atoms with Gasteiger partial charge in [0.1, 0.15) is 0 Å². The molecule has 40 valence electrons. The number of terminal acetylenes is 1. The third kappa shape index (κ3) is 2.53. The Hall–Kier alpha value is -0.150. The minimum Gasteiger partial charge on any atom is -0.122 e. The maximum absolute atomic E-state index is 5.59. The van der Waals surface area contributed by atoms with Gasteiger partial charge in [-0.05, 0) is 13.8 Å². The number of alkyl halides is 1. The molecular formula is C6H9Cl. The fraction of sp³-hybridized carbons (Fsp3) is 0.667. The first-order valence-corrected chi connectivity index (χ1v) is 2.72. The molecule has 0 fully saturated rings. The Labute approximate surface area is 49.9 Å². The Balaban J connectivity index is 3.40. The van der Waals surface area contributed by atoms with Gasteiger partial charge in [-0.25, -0.2) is 0 Å². The van der Waals surface area contributed by atoms with E-state index in [1.54, 1.807) is 0 Å². The summed E-state index contributed by atoms with van der Waals surface area (Å²) in [6.45, 7) is 3.82. The van der Waals surface area contributed by atoms with Crippen LogP contribution in [0.2, 0.25) is 0 Å². The average Bonchev–Trinajstić information content (AvgIpc) is 1.65. The summed E-state index contributed by atoms with van der Waals surface area (Å²) in [6.07, 6.45) is 5.04. The maximum Gasteiger partial charge on any atom is 0.0442 e. The molecule has 0 aliphatic carbocycles. The van der Waals surface area contributed by atoms with Gasteiger partial charge in [0, 0.05) is 11.3 Å². The highest BCUT2D eigenvalue weighted by Crippen LogP contribution is 2.06. The molecule has 1 heteroatoms. The molecule has 2 unspecified atom stereocenters. The SMILES string of the molecule is C#CC(C)C(C)Cl. The third-order valence-corrected chi connectivity index (χ3v) is 1.33. The Morgan fingerprint density at radius 2 is 2.00 bits per heavy atom. The first-order chi connectivity index (χ1) is 3.18. The molecule has 0 saturated heterocycles. The van der Waals surface area contributed by atoms with E-state index in [1.165, 1.54) is 0 Å². The Morgan fingerprint density at radius 1 is 1.57 bits per heavy atom. The van der Waals surface area contributed by atoms with E-state index < -0.39 is 0 Å². The zero-order chi connectivity index (χ0) is 5.86. The van der Waals surface area contributed by atoms with Crippen LogP contribution < -0.4 is 0 Å². The van der Waals surface area contributed by atoms with Crippen LogP contribution in [0.5, 0.6) is 0 Å². The van der Waals surface area contributed by atoms with Gasteiger partial charge in [-0.15, -0.1) is 23.9 Å². The lowest BCUT2D eigenvalue weighted by Gasteiger charge is -2.02. The molecule has 0 aliphatic rings. The standard InChI is InChI=1S/C6H9Cl/c1-4-5(2)6(3)7/h1,5-6H,2-3H3. The second-order valence-corrected chi connectivity index (χ2v) is 2.32. The van der Waals surface area contributed by atoms with Crippen molar-refractivity contribution < 1.29 is 0 Å². The van der Waals surface area contributed by atoms with E-state index in [2.05, 4.69) is 5.92 Å². The summed E-state index contributed by atoms with van der Waals surface area (Å²) >= 11 is 5.59. The molecule has 7 heavy (non-hydrogen) atoms. The summed E-state index contributed by atoms with van der Waals surface area (Å²) in [5, 5.41) is 0.102. The fourth-order valence-electron chi connectivity index (χ4n) is 0.133. The zero-order valence-corrected chi connectivity index (χ0v) is 5.37. The zero-order valence-electron chi connectivity index (χ0n) is 4.61. The topological polar surface area (TPSA) is 0 Å². The predicted molar refractivity (Wildman–Crippen MR) is 33.3 cm³/mol. The third-order valence-electron chi connectivity index (χ3n) is 0.952. The van der Waals surface area contributed by atoms with Crippen molar-refractivity contribution in [2.24, 2.45) is 5.92 Å². The van der Waals surface area contributed by atoms with Crippen molar-refractivity contribution in [3.05, 3.63) is 0 Å². The highest BCUT2D eigenvalue weighted by Gasteiger charge is 2.02. The van der Waals surface area contributed by atoms with Gasteiger partial charge in [0.05, 0.1) is 0 Å². The van der Waals surface area contributed by atoms with E-state index in [4.69, 9.17) is 18.0 Å². The molecule has 0 aromatic carbocycles. The maximum atomic E-state index is 5.59. The summed E-state index contributed by atoms with van der Waals surface area (Å²) in [6, 6.07) is 0. The van der Waals surface area contributed by atoms with Gasteiger partial charge in [-0.2, -0.15) is 0 Å². The minimum absolute atomic E-state index is 0.102. The molecule has 2 atom stereocenters. The van der Waals surface area contributed by atoms with Crippen molar-refractivity contribution >= 4 is 11.6 Å². The predicted octanol–water partition coefficient (Wildman–Crippen LogP) is 1.88. The van der Waals surface area contributed by atoms with Crippen molar-refractivity contribution in [1.29, 1.82) is 0 Å². The molecule has 0 rings (SSSR count). The van der Waals surface area contributed by atoms with E-state index in [0.717, 1.165) is 0 Å². The molecule has 0 aromatic heterocycles. The van der Waals surface area contributed by atoms with Crippen LogP contribution in [0.1, 0.15) is 13.8 Å². The van der Waals surface area contributed by atoms with Gasteiger partial charge in [0.25, 0.3) is 0 Å². The lowest BCUT2D eigenvalue weighted by Crippen LogP contribution is -2.02. The minimum atomic E-state index is 0.102. The molecule has 0 nitrogen and oxygen atoms in total. The van der Waals surface area contributed by atoms with E-state index in [9.17, 15) is 0 Å². The first kappa shape index (κ1) is 6.85. The molecule has 0 amide bonds. The average molecular weight is 117 g/mol. The van der Waals surface area contributed by atoms with Crippen LogP contribution in [0, 0.1) is 18.3 Å². The van der Waals surface area contributed by atoms with Crippen LogP contribution in [0.25, 0.3) is 0 Å². The summed E-state index contributed by atoms with van der Waals surface area (Å²) in [5.74, 6) is 2.73. The summed E-state index contributed by atoms with van der Waals surface area (Å²) < 4.78 is 0. The first-order valence-electron chi connectivity index (χ1n) is 2.28. The van der Waals surface area contributed by atoms with Crippen LogP contribution in [-0.2, 0) is 0 Å². The molecule has 0 heterocycles. The number of hydrogen-bond donors (Lipinski definition) is 0. The van der Waals surface area contributed by atoms with Crippen LogP contribution in [0.4, 0.5) is 0 Å². The van der Waals surface area contributed by atoms with Gasteiger partial charge in [-0.1, -0.05) is 0 Å². The second kappa shape index (κ2) is 2.93. The second-order valence-electron chi connectivity index (χ2n) is 1.63. The number of rotatable bonds is 1. The lowest BCUT2D eigenvalue weighted by atomic mass is 10.1. The highest BCUT2D eigenvalue weighted by molar-refractivity contribution is 6.20. The quantitative estimate of drug-likeness (QED) is 0.363. The van der Waals surface area contributed by atoms with Gasteiger partial charge < -0.3 is 0 Å². The summed E-state index contributed by atoms with van der Waals surface area (Å²) in [5.41, 5.74) is 0. The van der Waals surface area contributed by atoms with E-state index in [0.29, 0.717) is 0 Å². The molecular weight excluding hydrogens is 108 g/mol. The Kier molecular flexibility index (Phi) is 2.87. The van der Waals surface area contributed by atoms with Crippen LogP contribution in [0.3, 0.4) is 0 Å². The van der Waals surface area contributed by atoms with E-state index >= 15 is 0 Å². The molecule has 0 aromatic rings. The molecule has 0 spiro atoms. The smallest absolute Gasteiger partial charge is 0.0442 e. The largest absolute Gasteiger partial charge is 0.122 e. The molecule has 0 aliphatic heterocycles. The van der Waals surface area contributed by atoms with E-state index in [1.807, 2.05) is 13.8 Å². The molecule has 0 bridgehead atoms. The van der Waals surface area contributed by atoms with Crippen molar-refractivity contribution in [3.63, 3.8) is 0 Å². The molecule has 0 radical (unpaired) electrons. The molecule has 0 saturated carbocycles. The van der Waals surface area contributed by atoms with Crippen LogP contribution >= 0.6 is 11.6 Å². The van der Waals surface area contributed by atoms with Gasteiger partial charge in [0.15, 0.2) is 0 Å². The monoisotopic (exact) mass is 116 g/mol. The van der Waals surface area contributed by atoms with Crippen molar-refractivity contribution in [2.75, 3.05) is 0 Å². The van der Waals surface area contributed by atoms with Crippen molar-refractivity contribution in [1.82, 2.24) is 0 Å². The number of hydrogen-bond acceptors (Lipinski definition) is 0. The molecule has 0 N–H and O–H groups in total. The summed E-state index contributed by atoms with van der Waals surface area (Å²) in [4.78, 5) is 0. The normalized spacial score (nSPS) is 17.4. The number of halogens is 1. The lowest BCUT2D eigenvalue weighted by molar-refractivity contribution is 0.734. The van der Waals surface area contributed by atoms with Crippen molar-refractivity contribution in [3.8, 4) is 12.3 Å². The van der Waals surface area contributed by atoms with Gasteiger partial charge in [-0.3, -0.25) is 0 Å². The fourth-order valence-corrected chi connectivity index (χ4v) is 0.205. The summed E-state index contributed by atoms with van der Waals surface area (Å²) in [7, 11) is 0. The van der Waals surface area contributed by atoms with Crippen LogP contribution in [0.15, 0.2) is 0 Å². The Morgan fingerprint density at radius 3 is 2.00 bits per heavy atom.